The summed E-state index contributed by atoms with van der Waals surface area (Å²) >= 11 is 0. The van der Waals surface area contributed by atoms with Gasteiger partial charge in [0.05, 0.1) is 4.90 Å². The van der Waals surface area contributed by atoms with Gasteiger partial charge >= 0.3 is 0 Å². The number of fused-ring (bicyclic) bond motifs is 1. The van der Waals surface area contributed by atoms with Crippen molar-refractivity contribution in [2.24, 2.45) is 0 Å². The summed E-state index contributed by atoms with van der Waals surface area (Å²) in [6.45, 7) is 1.82. The summed E-state index contributed by atoms with van der Waals surface area (Å²) in [7, 11) is -4.38. The van der Waals surface area contributed by atoms with Crippen LogP contribution in [0.1, 0.15) is 15.9 Å². The van der Waals surface area contributed by atoms with Gasteiger partial charge in [0.25, 0.3) is 16.0 Å². The van der Waals surface area contributed by atoms with E-state index in [0.29, 0.717) is 22.0 Å². The molecule has 0 heterocycles. The summed E-state index contributed by atoms with van der Waals surface area (Å²) in [6, 6.07) is 11.5. The molecule has 8 heteroatoms. The number of nitrogen functional groups attached to an aromatic ring is 1. The molecule has 0 spiro atoms. The number of nitrogens with two attached hydrogens (primary N) is 1. The molecule has 0 saturated heterocycles. The summed E-state index contributed by atoms with van der Waals surface area (Å²) < 4.78 is 31.7. The number of phenols is 1. The molecule has 0 aliphatic rings. The van der Waals surface area contributed by atoms with Crippen LogP contribution in [0.15, 0.2) is 53.4 Å². The maximum absolute atomic E-state index is 12.4. The molecule has 3 rings (SSSR count). The second-order valence-electron chi connectivity index (χ2n) is 5.88. The van der Waals surface area contributed by atoms with Crippen molar-refractivity contribution in [1.82, 2.24) is 0 Å². The van der Waals surface area contributed by atoms with Gasteiger partial charge in [0, 0.05) is 28.4 Å². The molecule has 5 N–H and O–H groups in total. The third-order valence-electron chi connectivity index (χ3n) is 4.00. The molecule has 7 nitrogen and oxygen atoms in total. The minimum Gasteiger partial charge on any atom is -0.507 e. The number of carbonyl (C=O) groups is 1. The van der Waals surface area contributed by atoms with Crippen molar-refractivity contribution in [3.63, 3.8) is 0 Å². The molecule has 0 unspecified atom stereocenters. The SMILES string of the molecule is Cc1ccc(C(=O)Nc2cc(O)c3ccc(S(=O)(=O)O)cc3c2)cc1N. The van der Waals surface area contributed by atoms with Gasteiger partial charge in [-0.25, -0.2) is 0 Å². The van der Waals surface area contributed by atoms with Crippen LogP contribution in [-0.4, -0.2) is 24.0 Å². The highest BCUT2D eigenvalue weighted by molar-refractivity contribution is 7.85. The van der Waals surface area contributed by atoms with Crippen LogP contribution < -0.4 is 11.1 Å². The van der Waals surface area contributed by atoms with Crippen molar-refractivity contribution in [1.29, 1.82) is 0 Å². The van der Waals surface area contributed by atoms with E-state index in [9.17, 15) is 18.3 Å². The van der Waals surface area contributed by atoms with E-state index >= 15 is 0 Å². The first-order valence-electron chi connectivity index (χ1n) is 7.57. The zero-order valence-corrected chi connectivity index (χ0v) is 14.5. The lowest BCUT2D eigenvalue weighted by molar-refractivity contribution is 0.102. The Morgan fingerprint density at radius 3 is 2.46 bits per heavy atom. The summed E-state index contributed by atoms with van der Waals surface area (Å²) in [6.07, 6.45) is 0. The van der Waals surface area contributed by atoms with Gasteiger partial charge in [0.15, 0.2) is 0 Å². The fourth-order valence-electron chi connectivity index (χ4n) is 2.55. The number of hydrogen-bond donors (Lipinski definition) is 4. The van der Waals surface area contributed by atoms with Gasteiger partial charge in [-0.15, -0.1) is 0 Å². The van der Waals surface area contributed by atoms with E-state index in [-0.39, 0.29) is 16.3 Å². The number of aryl methyl sites for hydroxylation is 1. The van der Waals surface area contributed by atoms with E-state index in [0.717, 1.165) is 5.56 Å². The van der Waals surface area contributed by atoms with Gasteiger partial charge in [0.2, 0.25) is 0 Å². The summed E-state index contributed by atoms with van der Waals surface area (Å²) in [5.74, 6) is -0.565. The number of hydrogen-bond acceptors (Lipinski definition) is 5. The second kappa shape index (κ2) is 6.32. The van der Waals surface area contributed by atoms with Crippen LogP contribution >= 0.6 is 0 Å². The summed E-state index contributed by atoms with van der Waals surface area (Å²) in [5.41, 5.74) is 7.76. The molecule has 0 saturated carbocycles. The van der Waals surface area contributed by atoms with E-state index in [1.807, 2.05) is 6.92 Å². The third-order valence-corrected chi connectivity index (χ3v) is 4.85. The van der Waals surface area contributed by atoms with Crippen LogP contribution in [0.5, 0.6) is 5.75 Å². The zero-order valence-electron chi connectivity index (χ0n) is 13.7. The predicted molar refractivity (Wildman–Crippen MR) is 99.0 cm³/mol. The maximum Gasteiger partial charge on any atom is 0.294 e. The molecular weight excluding hydrogens is 356 g/mol. The fourth-order valence-corrected chi connectivity index (χ4v) is 3.06. The summed E-state index contributed by atoms with van der Waals surface area (Å²) in [5, 5.41) is 13.5. The molecule has 0 fully saturated rings. The van der Waals surface area contributed by atoms with Crippen LogP contribution in [-0.2, 0) is 10.1 Å². The van der Waals surface area contributed by atoms with Crippen molar-refractivity contribution >= 4 is 38.2 Å². The zero-order chi connectivity index (χ0) is 19.1. The van der Waals surface area contributed by atoms with Crippen molar-refractivity contribution in [2.75, 3.05) is 11.1 Å². The molecule has 0 bridgehead atoms. The second-order valence-corrected chi connectivity index (χ2v) is 7.30. The Hall–Kier alpha value is -3.10. The molecule has 134 valence electrons. The Balaban J connectivity index is 1.99. The van der Waals surface area contributed by atoms with E-state index in [4.69, 9.17) is 10.3 Å². The predicted octanol–water partition coefficient (Wildman–Crippen LogP) is 2.94. The largest absolute Gasteiger partial charge is 0.507 e. The van der Waals surface area contributed by atoms with Crippen molar-refractivity contribution < 1.29 is 22.9 Å². The van der Waals surface area contributed by atoms with Gasteiger partial charge in [-0.1, -0.05) is 6.07 Å². The quantitative estimate of drug-likeness (QED) is 0.413. The van der Waals surface area contributed by atoms with Gasteiger partial charge in [-0.05, 0) is 54.3 Å². The van der Waals surface area contributed by atoms with E-state index in [2.05, 4.69) is 5.32 Å². The molecule has 0 radical (unpaired) electrons. The van der Waals surface area contributed by atoms with Crippen molar-refractivity contribution in [3.05, 3.63) is 59.7 Å². The molecule has 3 aromatic carbocycles. The van der Waals surface area contributed by atoms with Crippen molar-refractivity contribution in [2.45, 2.75) is 11.8 Å². The number of phenolic OH excluding ortho intramolecular Hbond substituents is 1. The number of benzene rings is 3. The normalized spacial score (nSPS) is 11.5. The maximum atomic E-state index is 12.4. The first kappa shape index (κ1) is 17.7. The third kappa shape index (κ3) is 3.46. The Morgan fingerprint density at radius 2 is 1.81 bits per heavy atom. The lowest BCUT2D eigenvalue weighted by Gasteiger charge is -2.10. The molecule has 0 aromatic heterocycles. The topological polar surface area (TPSA) is 130 Å². The van der Waals surface area contributed by atoms with Crippen LogP contribution in [0.3, 0.4) is 0 Å². The number of rotatable bonds is 3. The summed E-state index contributed by atoms with van der Waals surface area (Å²) in [4.78, 5) is 12.1. The Labute approximate surface area is 149 Å². The minimum absolute atomic E-state index is 0.136. The lowest BCUT2D eigenvalue weighted by Crippen LogP contribution is -2.12. The van der Waals surface area contributed by atoms with Gasteiger partial charge in [-0.2, -0.15) is 8.42 Å². The number of aromatic hydroxyl groups is 1. The Kier molecular flexibility index (Phi) is 4.31. The Morgan fingerprint density at radius 1 is 1.08 bits per heavy atom. The molecule has 0 aliphatic carbocycles. The van der Waals surface area contributed by atoms with Crippen molar-refractivity contribution in [3.8, 4) is 5.75 Å². The number of anilines is 2. The number of amides is 1. The van der Waals surface area contributed by atoms with E-state index in [1.54, 1.807) is 18.2 Å². The molecule has 1 amide bonds. The average molecular weight is 372 g/mol. The van der Waals surface area contributed by atoms with Crippen LogP contribution in [0.4, 0.5) is 11.4 Å². The van der Waals surface area contributed by atoms with Crippen LogP contribution in [0, 0.1) is 6.92 Å². The van der Waals surface area contributed by atoms with Gasteiger partial charge in [-0.3, -0.25) is 9.35 Å². The molecule has 0 aliphatic heterocycles. The highest BCUT2D eigenvalue weighted by Crippen LogP contribution is 2.31. The highest BCUT2D eigenvalue weighted by Gasteiger charge is 2.13. The first-order valence-corrected chi connectivity index (χ1v) is 9.01. The van der Waals surface area contributed by atoms with Crippen LogP contribution in [0.2, 0.25) is 0 Å². The number of carbonyl (C=O) groups excluding carboxylic acids is 1. The molecular formula is C18H16N2O5S. The fraction of sp³-hybridized carbons (Fsp3) is 0.0556. The van der Waals surface area contributed by atoms with E-state index < -0.39 is 16.0 Å². The average Bonchev–Trinajstić information content (AvgIpc) is 2.56. The highest BCUT2D eigenvalue weighted by atomic mass is 32.2. The first-order chi connectivity index (χ1) is 12.1. The van der Waals surface area contributed by atoms with Crippen LogP contribution in [0.25, 0.3) is 10.8 Å². The molecule has 3 aromatic rings. The number of nitrogens with one attached hydrogen (secondary N) is 1. The van der Waals surface area contributed by atoms with E-state index in [1.165, 1.54) is 30.3 Å². The van der Waals surface area contributed by atoms with Gasteiger partial charge < -0.3 is 16.2 Å². The standard InChI is InChI=1S/C18H16N2O5S/c1-10-2-3-11(8-16(10)19)18(22)20-13-6-12-7-14(26(23,24)25)4-5-15(12)17(21)9-13/h2-9,21H,19H2,1H3,(H,20,22)(H,23,24,25). The van der Waals surface area contributed by atoms with Gasteiger partial charge in [0.1, 0.15) is 5.75 Å². The molecule has 0 atom stereocenters. The smallest absolute Gasteiger partial charge is 0.294 e. The Bertz CT molecular complexity index is 1140. The lowest BCUT2D eigenvalue weighted by atomic mass is 10.1. The minimum atomic E-state index is -4.38. The molecule has 26 heavy (non-hydrogen) atoms. The monoisotopic (exact) mass is 372 g/mol.